The molecule has 1 fully saturated rings. The number of aromatic nitrogens is 1. The van der Waals surface area contributed by atoms with Gasteiger partial charge in [-0.25, -0.2) is 4.79 Å². The molecule has 0 saturated heterocycles. The highest BCUT2D eigenvalue weighted by atomic mass is 35.5. The molecule has 39 heavy (non-hydrogen) atoms. The molecule has 202 valence electrons. The number of methoxy groups -OCH3 is 1. The van der Waals surface area contributed by atoms with Crippen LogP contribution < -0.4 is 10.1 Å². The smallest absolute Gasteiger partial charge is 0.331 e. The van der Waals surface area contributed by atoms with Crippen molar-refractivity contribution in [2.24, 2.45) is 5.92 Å². The van der Waals surface area contributed by atoms with Gasteiger partial charge in [0.25, 0.3) is 0 Å². The lowest BCUT2D eigenvalue weighted by Crippen LogP contribution is -2.53. The molecule has 2 aromatic carbocycles. The Labute approximate surface area is 238 Å². The second-order valence-electron chi connectivity index (χ2n) is 10.9. The van der Waals surface area contributed by atoms with Crippen LogP contribution in [-0.4, -0.2) is 30.2 Å². The number of anilines is 1. The van der Waals surface area contributed by atoms with Crippen LogP contribution in [0.3, 0.4) is 0 Å². The van der Waals surface area contributed by atoms with Crippen LogP contribution in [0.5, 0.6) is 5.75 Å². The van der Waals surface area contributed by atoms with Crippen molar-refractivity contribution in [2.75, 3.05) is 19.0 Å². The zero-order valence-corrected chi connectivity index (χ0v) is 23.7. The third-order valence-electron chi connectivity index (χ3n) is 8.84. The molecule has 1 saturated carbocycles. The number of halogens is 1. The summed E-state index contributed by atoms with van der Waals surface area (Å²) >= 11 is 7.92. The van der Waals surface area contributed by atoms with E-state index in [4.69, 9.17) is 21.1 Å². The molecule has 1 unspecified atom stereocenters. The fraction of sp³-hybridized carbons (Fsp3) is 0.375. The highest BCUT2D eigenvalue weighted by Gasteiger charge is 2.54. The molecular weight excluding hydrogens is 528 g/mol. The van der Waals surface area contributed by atoms with Crippen molar-refractivity contribution >= 4 is 44.8 Å². The number of nitrogens with zero attached hydrogens (tertiary/aromatic N) is 1. The molecule has 1 spiro atoms. The minimum Gasteiger partial charge on any atom is -0.492 e. The SMILES string of the molecule is COC(=O)C1(Nc2cccc(Cl)c2)CCC2(CC1)c1ccccc1CC2CCCOc1ccnc2ccsc12. The minimum atomic E-state index is -0.761. The van der Waals surface area contributed by atoms with E-state index < -0.39 is 5.54 Å². The third-order valence-corrected chi connectivity index (χ3v) is 10.00. The number of carbonyl (C=O) groups is 1. The van der Waals surface area contributed by atoms with Gasteiger partial charge in [-0.2, -0.15) is 0 Å². The van der Waals surface area contributed by atoms with Crippen molar-refractivity contribution in [3.8, 4) is 5.75 Å². The van der Waals surface area contributed by atoms with Crippen molar-refractivity contribution < 1.29 is 14.3 Å². The first-order chi connectivity index (χ1) is 19.0. The van der Waals surface area contributed by atoms with Crippen LogP contribution in [0.2, 0.25) is 5.02 Å². The molecule has 2 heterocycles. The molecule has 0 aliphatic heterocycles. The highest BCUT2D eigenvalue weighted by Crippen LogP contribution is 2.55. The van der Waals surface area contributed by atoms with Gasteiger partial charge in [0.2, 0.25) is 0 Å². The van der Waals surface area contributed by atoms with Gasteiger partial charge in [0.15, 0.2) is 0 Å². The lowest BCUT2D eigenvalue weighted by molar-refractivity contribution is -0.148. The topological polar surface area (TPSA) is 60.5 Å². The number of hydrogen-bond donors (Lipinski definition) is 1. The van der Waals surface area contributed by atoms with Gasteiger partial charge in [-0.05, 0) is 103 Å². The second kappa shape index (κ2) is 10.8. The maximum Gasteiger partial charge on any atom is 0.331 e. The van der Waals surface area contributed by atoms with Crippen molar-refractivity contribution in [1.82, 2.24) is 4.98 Å². The Morgan fingerprint density at radius 3 is 2.77 bits per heavy atom. The number of nitrogens with one attached hydrogen (secondary N) is 1. The lowest BCUT2D eigenvalue weighted by atomic mass is 9.60. The number of fused-ring (bicyclic) bond motifs is 3. The molecule has 0 radical (unpaired) electrons. The molecule has 1 atom stereocenters. The zero-order valence-electron chi connectivity index (χ0n) is 22.1. The van der Waals surface area contributed by atoms with Gasteiger partial charge in [0.1, 0.15) is 11.3 Å². The number of hydrogen-bond acceptors (Lipinski definition) is 6. The first-order valence-electron chi connectivity index (χ1n) is 13.7. The Bertz CT molecular complexity index is 1480. The van der Waals surface area contributed by atoms with E-state index in [1.54, 1.807) is 11.3 Å². The number of ether oxygens (including phenoxy) is 2. The average Bonchev–Trinajstić information content (AvgIpc) is 3.56. The largest absolute Gasteiger partial charge is 0.492 e. The van der Waals surface area contributed by atoms with E-state index in [2.05, 4.69) is 39.9 Å². The van der Waals surface area contributed by atoms with Crippen molar-refractivity contribution in [3.63, 3.8) is 0 Å². The molecule has 5 nitrogen and oxygen atoms in total. The van der Waals surface area contributed by atoms with Crippen LogP contribution >= 0.6 is 22.9 Å². The summed E-state index contributed by atoms with van der Waals surface area (Å²) in [6, 6.07) is 20.5. The monoisotopic (exact) mass is 560 g/mol. The molecule has 7 heteroatoms. The molecule has 2 aliphatic carbocycles. The third kappa shape index (κ3) is 4.89. The van der Waals surface area contributed by atoms with E-state index in [0.717, 1.165) is 53.8 Å². The fourth-order valence-electron chi connectivity index (χ4n) is 6.94. The summed E-state index contributed by atoms with van der Waals surface area (Å²) in [5, 5.41) is 6.23. The molecule has 1 N–H and O–H groups in total. The number of pyridine rings is 1. The van der Waals surface area contributed by atoms with Crippen LogP contribution in [-0.2, 0) is 21.4 Å². The lowest BCUT2D eigenvalue weighted by Gasteiger charge is -2.47. The van der Waals surface area contributed by atoms with Gasteiger partial charge in [-0.1, -0.05) is 41.9 Å². The van der Waals surface area contributed by atoms with Crippen molar-refractivity contribution in [2.45, 2.75) is 55.9 Å². The van der Waals surface area contributed by atoms with E-state index in [1.807, 2.05) is 42.6 Å². The van der Waals surface area contributed by atoms with Gasteiger partial charge in [-0.15, -0.1) is 11.3 Å². The Kier molecular flexibility index (Phi) is 7.25. The molecule has 4 aromatic rings. The summed E-state index contributed by atoms with van der Waals surface area (Å²) < 4.78 is 12.7. The van der Waals surface area contributed by atoms with Crippen LogP contribution in [0.25, 0.3) is 10.2 Å². The van der Waals surface area contributed by atoms with Gasteiger partial charge in [0.05, 0.1) is 23.9 Å². The van der Waals surface area contributed by atoms with Crippen molar-refractivity contribution in [1.29, 1.82) is 0 Å². The number of benzene rings is 2. The summed E-state index contributed by atoms with van der Waals surface area (Å²) in [4.78, 5) is 17.6. The minimum absolute atomic E-state index is 0.0574. The number of carbonyl (C=O) groups excluding carboxylic acids is 1. The second-order valence-corrected chi connectivity index (χ2v) is 12.2. The molecule has 6 rings (SSSR count). The standard InChI is InChI=1S/C32H33ClN2O3S/c1-37-30(36)32(35-25-9-4-8-24(33)21-25)15-13-31(14-16-32)23(20-22-6-2-3-10-26(22)31)7-5-18-38-28-11-17-34-27-12-19-39-29(27)28/h2-4,6,8-12,17,19,21,23,35H,5,7,13-16,18,20H2,1H3. The Balaban J connectivity index is 1.19. The van der Waals surface area contributed by atoms with Gasteiger partial charge in [-0.3, -0.25) is 4.98 Å². The number of thiophene rings is 1. The van der Waals surface area contributed by atoms with E-state index >= 15 is 0 Å². The summed E-state index contributed by atoms with van der Waals surface area (Å²) in [6.07, 6.45) is 8.24. The van der Waals surface area contributed by atoms with E-state index in [0.29, 0.717) is 30.4 Å². The van der Waals surface area contributed by atoms with Gasteiger partial charge in [0, 0.05) is 16.9 Å². The number of esters is 1. The highest BCUT2D eigenvalue weighted by molar-refractivity contribution is 7.17. The summed E-state index contributed by atoms with van der Waals surface area (Å²) in [5.41, 5.74) is 4.05. The van der Waals surface area contributed by atoms with E-state index in [9.17, 15) is 4.79 Å². The maximum absolute atomic E-state index is 13.2. The Hall–Kier alpha value is -3.09. The van der Waals surface area contributed by atoms with Crippen molar-refractivity contribution in [3.05, 3.63) is 88.4 Å². The maximum atomic E-state index is 13.2. The fourth-order valence-corrected chi connectivity index (χ4v) is 7.94. The summed E-state index contributed by atoms with van der Waals surface area (Å²) in [5.74, 6) is 1.23. The first kappa shape index (κ1) is 26.1. The van der Waals surface area contributed by atoms with Crippen LogP contribution in [0, 0.1) is 5.92 Å². The summed E-state index contributed by atoms with van der Waals surface area (Å²) in [7, 11) is 1.48. The Morgan fingerprint density at radius 2 is 1.95 bits per heavy atom. The number of rotatable bonds is 8. The summed E-state index contributed by atoms with van der Waals surface area (Å²) in [6.45, 7) is 0.683. The zero-order chi connectivity index (χ0) is 26.9. The van der Waals surface area contributed by atoms with Crippen LogP contribution in [0.15, 0.2) is 72.2 Å². The van der Waals surface area contributed by atoms with E-state index in [1.165, 1.54) is 18.2 Å². The molecule has 2 aromatic heterocycles. The molecule has 0 bridgehead atoms. The predicted octanol–water partition coefficient (Wildman–Crippen LogP) is 7.82. The van der Waals surface area contributed by atoms with Gasteiger partial charge < -0.3 is 14.8 Å². The molecular formula is C32H33ClN2O3S. The quantitative estimate of drug-likeness (QED) is 0.176. The molecule has 2 aliphatic rings. The van der Waals surface area contributed by atoms with Crippen LogP contribution in [0.4, 0.5) is 5.69 Å². The average molecular weight is 561 g/mol. The first-order valence-corrected chi connectivity index (χ1v) is 14.9. The normalized spacial score (nSPS) is 24.0. The Morgan fingerprint density at radius 1 is 1.10 bits per heavy atom. The van der Waals surface area contributed by atoms with Gasteiger partial charge >= 0.3 is 5.97 Å². The molecule has 0 amide bonds. The predicted molar refractivity (Wildman–Crippen MR) is 158 cm³/mol. The van der Waals surface area contributed by atoms with Crippen LogP contribution in [0.1, 0.15) is 49.7 Å². The van der Waals surface area contributed by atoms with E-state index in [-0.39, 0.29) is 11.4 Å².